The van der Waals surface area contributed by atoms with Crippen molar-refractivity contribution >= 4 is 38.5 Å². The van der Waals surface area contributed by atoms with Gasteiger partial charge in [-0.25, -0.2) is 27.8 Å². The van der Waals surface area contributed by atoms with Gasteiger partial charge in [-0.15, -0.1) is 10.2 Å². The molecular formula is C23H25F3N10O3S2. The van der Waals surface area contributed by atoms with Gasteiger partial charge in [0.1, 0.15) is 23.6 Å². The van der Waals surface area contributed by atoms with Crippen molar-refractivity contribution in [2.24, 2.45) is 0 Å². The lowest BCUT2D eigenvalue weighted by Gasteiger charge is -2.36. The smallest absolute Gasteiger partial charge is 0.366 e. The molecule has 1 saturated heterocycles. The normalized spacial score (nSPS) is 17.4. The molecule has 1 aliphatic carbocycles. The van der Waals surface area contributed by atoms with Gasteiger partial charge in [0.2, 0.25) is 20.9 Å². The summed E-state index contributed by atoms with van der Waals surface area (Å²) in [6, 6.07) is 1.53. The number of piperazine rings is 1. The van der Waals surface area contributed by atoms with Gasteiger partial charge in [-0.2, -0.15) is 18.3 Å². The molecule has 1 N–H and O–H groups in total. The van der Waals surface area contributed by atoms with Crippen molar-refractivity contribution in [1.29, 1.82) is 0 Å². The quantitative estimate of drug-likeness (QED) is 0.332. The zero-order valence-electron chi connectivity index (χ0n) is 22.0. The Morgan fingerprint density at radius 2 is 1.88 bits per heavy atom. The molecule has 1 amide bonds. The van der Waals surface area contributed by atoms with Crippen LogP contribution in [0.25, 0.3) is 16.3 Å². The lowest BCUT2D eigenvalue weighted by Crippen LogP contribution is -2.49. The number of anilines is 1. The number of nitrogens with one attached hydrogen (secondary N) is 1. The van der Waals surface area contributed by atoms with E-state index in [1.54, 1.807) is 11.8 Å². The minimum atomic E-state index is -4.67. The number of aryl methyl sites for hydroxylation is 1. The number of nitrogens with zero attached hydrogens (tertiary/aromatic N) is 9. The van der Waals surface area contributed by atoms with Crippen LogP contribution in [0.15, 0.2) is 29.7 Å². The molecule has 18 heteroatoms. The molecule has 41 heavy (non-hydrogen) atoms. The summed E-state index contributed by atoms with van der Waals surface area (Å²) in [5, 5.41) is 9.85. The number of sulfonamides is 1. The molecule has 4 aromatic rings. The summed E-state index contributed by atoms with van der Waals surface area (Å²) in [4.78, 5) is 24.7. The van der Waals surface area contributed by atoms with Crippen molar-refractivity contribution in [3.63, 3.8) is 0 Å². The molecule has 0 aromatic carbocycles. The van der Waals surface area contributed by atoms with Crippen LogP contribution >= 0.6 is 11.3 Å². The van der Waals surface area contributed by atoms with Gasteiger partial charge in [-0.3, -0.25) is 9.20 Å². The zero-order chi connectivity index (χ0) is 29.2. The van der Waals surface area contributed by atoms with E-state index >= 15 is 0 Å². The Labute approximate surface area is 236 Å². The minimum Gasteiger partial charge on any atom is -0.366 e. The molecule has 2 fully saturated rings. The highest BCUT2D eigenvalue weighted by Crippen LogP contribution is 2.38. The number of imidazole rings is 1. The van der Waals surface area contributed by atoms with Gasteiger partial charge in [-0.1, -0.05) is 11.3 Å². The van der Waals surface area contributed by atoms with E-state index in [-0.39, 0.29) is 28.2 Å². The lowest BCUT2D eigenvalue weighted by molar-refractivity contribution is -0.138. The number of halogens is 3. The topological polar surface area (TPSA) is 144 Å². The first kappa shape index (κ1) is 27.5. The Morgan fingerprint density at radius 3 is 2.49 bits per heavy atom. The van der Waals surface area contributed by atoms with Crippen molar-refractivity contribution in [2.75, 3.05) is 31.1 Å². The molecule has 6 rings (SSSR count). The van der Waals surface area contributed by atoms with Crippen molar-refractivity contribution < 1.29 is 26.4 Å². The van der Waals surface area contributed by atoms with Crippen molar-refractivity contribution in [2.45, 2.75) is 49.8 Å². The van der Waals surface area contributed by atoms with E-state index in [0.29, 0.717) is 67.4 Å². The molecule has 1 saturated carbocycles. The van der Waals surface area contributed by atoms with Gasteiger partial charge in [-0.05, 0) is 32.8 Å². The zero-order valence-corrected chi connectivity index (χ0v) is 23.6. The van der Waals surface area contributed by atoms with Gasteiger partial charge in [0.25, 0.3) is 0 Å². The number of pyridine rings is 1. The highest BCUT2D eigenvalue weighted by molar-refractivity contribution is 7.89. The Balaban J connectivity index is 1.33. The van der Waals surface area contributed by atoms with E-state index in [0.717, 1.165) is 0 Å². The van der Waals surface area contributed by atoms with E-state index in [4.69, 9.17) is 0 Å². The first-order valence-corrected chi connectivity index (χ1v) is 15.0. The second kappa shape index (κ2) is 9.73. The molecule has 0 radical (unpaired) electrons. The third-order valence-corrected chi connectivity index (χ3v) is 9.64. The van der Waals surface area contributed by atoms with Crippen LogP contribution in [0.3, 0.4) is 0 Å². The van der Waals surface area contributed by atoms with E-state index in [9.17, 15) is 26.4 Å². The summed E-state index contributed by atoms with van der Waals surface area (Å²) in [5.74, 6) is 0.483. The van der Waals surface area contributed by atoms with Gasteiger partial charge in [0, 0.05) is 37.9 Å². The Hall–Kier alpha value is -3.64. The molecule has 0 unspecified atom stereocenters. The number of fused-ring (bicyclic) bond motifs is 1. The lowest BCUT2D eigenvalue weighted by atomic mass is 10.2. The molecule has 4 aromatic heterocycles. The van der Waals surface area contributed by atoms with Crippen molar-refractivity contribution in [3.05, 3.63) is 35.6 Å². The Morgan fingerprint density at radius 1 is 1.15 bits per heavy atom. The van der Waals surface area contributed by atoms with Gasteiger partial charge in [0.15, 0.2) is 10.8 Å². The third kappa shape index (κ3) is 5.50. The van der Waals surface area contributed by atoms with Gasteiger partial charge < -0.3 is 9.80 Å². The molecule has 2 aliphatic rings. The fourth-order valence-electron chi connectivity index (χ4n) is 4.61. The van der Waals surface area contributed by atoms with Crippen molar-refractivity contribution in [3.8, 4) is 10.8 Å². The number of carbonyl (C=O) groups excluding carboxylic acids is 1. The average molecular weight is 611 g/mol. The summed E-state index contributed by atoms with van der Waals surface area (Å²) >= 11 is 0.328. The fourth-order valence-corrected chi connectivity index (χ4v) is 6.80. The van der Waals surface area contributed by atoms with Gasteiger partial charge >= 0.3 is 6.18 Å². The number of alkyl halides is 3. The number of hydrogen-bond acceptors (Lipinski definition) is 10. The number of amides is 1. The summed E-state index contributed by atoms with van der Waals surface area (Å²) < 4.78 is 72.0. The van der Waals surface area contributed by atoms with Crippen LogP contribution < -0.4 is 9.62 Å². The number of rotatable bonds is 7. The molecule has 0 atom stereocenters. The van der Waals surface area contributed by atoms with Crippen LogP contribution in [0, 0.1) is 6.92 Å². The van der Waals surface area contributed by atoms with Gasteiger partial charge in [0.05, 0.1) is 17.4 Å². The highest BCUT2D eigenvalue weighted by Gasteiger charge is 2.42. The fraction of sp³-hybridized carbons (Fsp3) is 0.478. The summed E-state index contributed by atoms with van der Waals surface area (Å²) in [7, 11) is -3.98. The van der Waals surface area contributed by atoms with E-state index < -0.39 is 26.7 Å². The maximum Gasteiger partial charge on any atom is 0.445 e. The molecular weight excluding hydrogens is 585 g/mol. The predicted octanol–water partition coefficient (Wildman–Crippen LogP) is 1.95. The Bertz CT molecular complexity index is 1730. The SMILES string of the molecule is Cc1ncn(CC(=O)N2CCN(c3cc(S(=O)(=O)NC4(C)CC4)cn4c(-c5nnc(C(F)(F)F)s5)ncc34)CC2)n1. The predicted molar refractivity (Wildman–Crippen MR) is 141 cm³/mol. The average Bonchev–Trinajstić information content (AvgIpc) is 3.32. The summed E-state index contributed by atoms with van der Waals surface area (Å²) in [6.07, 6.45) is 1.03. The maximum absolute atomic E-state index is 13.4. The first-order valence-electron chi connectivity index (χ1n) is 12.7. The second-order valence-corrected chi connectivity index (χ2v) is 13.0. The molecule has 13 nitrogen and oxygen atoms in total. The molecule has 218 valence electrons. The van der Waals surface area contributed by atoms with Crippen LogP contribution in [0.1, 0.15) is 30.6 Å². The monoisotopic (exact) mass is 610 g/mol. The molecule has 5 heterocycles. The van der Waals surface area contributed by atoms with E-state index in [1.807, 2.05) is 11.8 Å². The standard InChI is InChI=1S/C23H25F3N10O3S2/c1-14-28-13-35(31-14)12-18(37)34-7-5-33(6-8-34)16-9-15(41(38,39)32-22(2)3-4-22)11-36-17(16)10-27-19(36)20-29-30-21(40-20)23(24,25)26/h9-11,13,32H,3-8,12H2,1-2H3. The van der Waals surface area contributed by atoms with Crippen LogP contribution in [0.4, 0.5) is 18.9 Å². The third-order valence-electron chi connectivity index (χ3n) is 7.07. The van der Waals surface area contributed by atoms with Crippen LogP contribution in [-0.2, 0) is 27.5 Å². The number of carbonyl (C=O) groups is 1. The van der Waals surface area contributed by atoms with Crippen molar-refractivity contribution in [1.82, 2.24) is 44.0 Å². The van der Waals surface area contributed by atoms with E-state index in [1.165, 1.54) is 33.9 Å². The van der Waals surface area contributed by atoms with Crippen LogP contribution in [0.5, 0.6) is 0 Å². The number of hydrogen-bond donors (Lipinski definition) is 1. The highest BCUT2D eigenvalue weighted by atomic mass is 32.2. The van der Waals surface area contributed by atoms with Crippen LogP contribution in [0.2, 0.25) is 0 Å². The van der Waals surface area contributed by atoms with E-state index in [2.05, 4.69) is 30.0 Å². The molecule has 0 bridgehead atoms. The molecule has 1 aliphatic heterocycles. The number of aromatic nitrogens is 7. The minimum absolute atomic E-state index is 0.0425. The summed E-state index contributed by atoms with van der Waals surface area (Å²) in [5.41, 5.74) is 0.464. The largest absolute Gasteiger partial charge is 0.445 e. The Kier molecular flexibility index (Phi) is 6.53. The maximum atomic E-state index is 13.4. The van der Waals surface area contributed by atoms with Crippen LogP contribution in [-0.4, -0.2) is 85.3 Å². The molecule has 0 spiro atoms. The summed E-state index contributed by atoms with van der Waals surface area (Å²) in [6.45, 7) is 5.13. The first-order chi connectivity index (χ1) is 19.3. The second-order valence-electron chi connectivity index (χ2n) is 10.3.